The number of hydrogen-bond donors (Lipinski definition) is 1. The number of nitrogens with zero attached hydrogens (tertiary/aromatic N) is 2. The fourth-order valence-corrected chi connectivity index (χ4v) is 4.26. The molecule has 2 fully saturated rings. The summed E-state index contributed by atoms with van der Waals surface area (Å²) in [6.07, 6.45) is 8.95. The number of nitrogens with one attached hydrogen (secondary N) is 1. The van der Waals surface area contributed by atoms with Crippen molar-refractivity contribution in [3.8, 4) is 0 Å². The fourth-order valence-electron chi connectivity index (χ4n) is 3.65. The Balaban J connectivity index is 1.80. The quantitative estimate of drug-likeness (QED) is 0.902. The van der Waals surface area contributed by atoms with Gasteiger partial charge in [-0.05, 0) is 26.7 Å². The van der Waals surface area contributed by atoms with E-state index in [1.54, 1.807) is 11.3 Å². The van der Waals surface area contributed by atoms with Crippen LogP contribution in [0.4, 0.5) is 0 Å². The molecule has 0 unspecified atom stereocenters. The summed E-state index contributed by atoms with van der Waals surface area (Å²) >= 11 is 1.79. The van der Waals surface area contributed by atoms with E-state index in [2.05, 4.69) is 29.0 Å². The Bertz CT molecular complexity index is 407. The lowest BCUT2D eigenvalue weighted by molar-refractivity contribution is -0.0155. The van der Waals surface area contributed by atoms with Crippen molar-refractivity contribution in [3.63, 3.8) is 0 Å². The summed E-state index contributed by atoms with van der Waals surface area (Å²) in [6, 6.07) is 0. The summed E-state index contributed by atoms with van der Waals surface area (Å²) in [5, 5.41) is 3.77. The molecule has 0 radical (unpaired) electrons. The zero-order valence-electron chi connectivity index (χ0n) is 12.1. The van der Waals surface area contributed by atoms with E-state index < -0.39 is 0 Å². The highest BCUT2D eigenvalue weighted by Crippen LogP contribution is 2.38. The average Bonchev–Trinajstić information content (AvgIpc) is 2.88. The average molecular weight is 279 g/mol. The summed E-state index contributed by atoms with van der Waals surface area (Å²) < 4.78 is 0. The highest BCUT2D eigenvalue weighted by Gasteiger charge is 2.44. The lowest BCUT2D eigenvalue weighted by Gasteiger charge is -2.54. The molecule has 1 aliphatic heterocycles. The fraction of sp³-hybridized carbons (Fsp3) is 0.800. The van der Waals surface area contributed by atoms with Crippen LogP contribution >= 0.6 is 11.3 Å². The molecular formula is C15H25N3S. The number of hydrogen-bond acceptors (Lipinski definition) is 4. The molecule has 1 aromatic heterocycles. The van der Waals surface area contributed by atoms with E-state index in [-0.39, 0.29) is 5.54 Å². The Morgan fingerprint density at radius 1 is 1.32 bits per heavy atom. The van der Waals surface area contributed by atoms with Crippen molar-refractivity contribution >= 4 is 11.3 Å². The molecule has 3 rings (SSSR count). The van der Waals surface area contributed by atoms with E-state index in [0.717, 1.165) is 19.6 Å². The zero-order valence-corrected chi connectivity index (χ0v) is 12.9. The van der Waals surface area contributed by atoms with E-state index in [1.165, 1.54) is 37.0 Å². The molecule has 1 aromatic rings. The van der Waals surface area contributed by atoms with Gasteiger partial charge in [0.15, 0.2) is 0 Å². The summed E-state index contributed by atoms with van der Waals surface area (Å²) in [7, 11) is 0. The van der Waals surface area contributed by atoms with Crippen LogP contribution in [0.25, 0.3) is 0 Å². The van der Waals surface area contributed by atoms with Gasteiger partial charge < -0.3 is 5.32 Å². The van der Waals surface area contributed by atoms with Crippen molar-refractivity contribution in [1.82, 2.24) is 15.2 Å². The summed E-state index contributed by atoms with van der Waals surface area (Å²) in [5.41, 5.74) is 2.58. The molecule has 1 aliphatic carbocycles. The Hall–Kier alpha value is -0.450. The van der Waals surface area contributed by atoms with Crippen molar-refractivity contribution in [2.45, 2.75) is 63.6 Å². The SMILES string of the molecule is CC1(C)CN(Cc2cncs2)C2(CCCCC2)CN1. The van der Waals surface area contributed by atoms with E-state index in [0.29, 0.717) is 5.54 Å². The predicted molar refractivity (Wildman–Crippen MR) is 80.4 cm³/mol. The number of piperazine rings is 1. The van der Waals surface area contributed by atoms with Gasteiger partial charge in [-0.2, -0.15) is 0 Å². The van der Waals surface area contributed by atoms with Crippen molar-refractivity contribution < 1.29 is 0 Å². The van der Waals surface area contributed by atoms with Gasteiger partial charge in [0.25, 0.3) is 0 Å². The van der Waals surface area contributed by atoms with Gasteiger partial charge >= 0.3 is 0 Å². The highest BCUT2D eigenvalue weighted by molar-refractivity contribution is 7.09. The standard InChI is InChI=1S/C15H25N3S/c1-14(2)11-18(9-13-8-16-12-19-13)15(10-17-14)6-4-3-5-7-15/h8,12,17H,3-7,9-11H2,1-2H3. The molecule has 0 amide bonds. The first-order valence-electron chi connectivity index (χ1n) is 7.47. The summed E-state index contributed by atoms with van der Waals surface area (Å²) in [5.74, 6) is 0. The molecule has 2 aliphatic rings. The van der Waals surface area contributed by atoms with Gasteiger partial charge in [0.1, 0.15) is 0 Å². The third-order valence-corrected chi connectivity index (χ3v) is 5.53. The van der Waals surface area contributed by atoms with Crippen LogP contribution in [0.5, 0.6) is 0 Å². The lowest BCUT2D eigenvalue weighted by Crippen LogP contribution is -2.68. The van der Waals surface area contributed by atoms with Crippen LogP contribution in [0.1, 0.15) is 50.8 Å². The Labute approximate surface area is 120 Å². The third kappa shape index (κ3) is 2.86. The van der Waals surface area contributed by atoms with Crippen molar-refractivity contribution in [1.29, 1.82) is 0 Å². The molecule has 0 bridgehead atoms. The molecule has 1 N–H and O–H groups in total. The molecule has 1 saturated heterocycles. The highest BCUT2D eigenvalue weighted by atomic mass is 32.1. The second kappa shape index (κ2) is 5.15. The molecular weight excluding hydrogens is 254 g/mol. The van der Waals surface area contributed by atoms with Gasteiger partial charge in [-0.15, -0.1) is 11.3 Å². The maximum atomic E-state index is 4.23. The minimum Gasteiger partial charge on any atom is -0.309 e. The maximum Gasteiger partial charge on any atom is 0.0794 e. The van der Waals surface area contributed by atoms with E-state index in [9.17, 15) is 0 Å². The van der Waals surface area contributed by atoms with Crippen LogP contribution in [0.3, 0.4) is 0 Å². The maximum absolute atomic E-state index is 4.23. The molecule has 0 atom stereocenters. The minimum atomic E-state index is 0.230. The molecule has 1 spiro atoms. The Kier molecular flexibility index (Phi) is 3.67. The Morgan fingerprint density at radius 3 is 2.79 bits per heavy atom. The summed E-state index contributed by atoms with van der Waals surface area (Å²) in [4.78, 5) is 8.39. The summed E-state index contributed by atoms with van der Waals surface area (Å²) in [6.45, 7) is 8.02. The van der Waals surface area contributed by atoms with Gasteiger partial charge in [0, 0.05) is 41.8 Å². The normalized spacial score (nSPS) is 26.6. The number of thiazole rings is 1. The molecule has 0 aromatic carbocycles. The first kappa shape index (κ1) is 13.5. The van der Waals surface area contributed by atoms with Crippen LogP contribution in [0.2, 0.25) is 0 Å². The largest absolute Gasteiger partial charge is 0.309 e. The van der Waals surface area contributed by atoms with Gasteiger partial charge in [-0.25, -0.2) is 0 Å². The predicted octanol–water partition coefficient (Wildman–Crippen LogP) is 3.03. The monoisotopic (exact) mass is 279 g/mol. The second-order valence-electron chi connectivity index (χ2n) is 6.85. The third-order valence-electron chi connectivity index (χ3n) is 4.77. The topological polar surface area (TPSA) is 28.2 Å². The van der Waals surface area contributed by atoms with Crippen LogP contribution < -0.4 is 5.32 Å². The number of rotatable bonds is 2. The lowest BCUT2D eigenvalue weighted by atomic mass is 9.77. The molecule has 19 heavy (non-hydrogen) atoms. The molecule has 2 heterocycles. The van der Waals surface area contributed by atoms with Gasteiger partial charge in [0.2, 0.25) is 0 Å². The van der Waals surface area contributed by atoms with Gasteiger partial charge in [-0.3, -0.25) is 9.88 Å². The van der Waals surface area contributed by atoms with Crippen LogP contribution in [-0.2, 0) is 6.54 Å². The van der Waals surface area contributed by atoms with Crippen LogP contribution in [-0.4, -0.2) is 34.1 Å². The second-order valence-corrected chi connectivity index (χ2v) is 7.82. The molecule has 106 valence electrons. The number of aromatic nitrogens is 1. The van der Waals surface area contributed by atoms with Crippen molar-refractivity contribution in [2.75, 3.05) is 13.1 Å². The first-order chi connectivity index (χ1) is 9.10. The van der Waals surface area contributed by atoms with E-state index in [4.69, 9.17) is 0 Å². The van der Waals surface area contributed by atoms with E-state index >= 15 is 0 Å². The van der Waals surface area contributed by atoms with Crippen LogP contribution in [0.15, 0.2) is 11.7 Å². The first-order valence-corrected chi connectivity index (χ1v) is 8.35. The van der Waals surface area contributed by atoms with Crippen molar-refractivity contribution in [3.05, 3.63) is 16.6 Å². The molecule has 1 saturated carbocycles. The van der Waals surface area contributed by atoms with Crippen molar-refractivity contribution in [2.24, 2.45) is 0 Å². The smallest absolute Gasteiger partial charge is 0.0794 e. The zero-order chi connectivity index (χ0) is 13.3. The van der Waals surface area contributed by atoms with E-state index in [1.807, 2.05) is 11.7 Å². The minimum absolute atomic E-state index is 0.230. The van der Waals surface area contributed by atoms with Gasteiger partial charge in [-0.1, -0.05) is 19.3 Å². The molecule has 4 heteroatoms. The molecule has 3 nitrogen and oxygen atoms in total. The Morgan fingerprint density at radius 2 is 2.11 bits per heavy atom. The van der Waals surface area contributed by atoms with Crippen LogP contribution in [0, 0.1) is 0 Å². The van der Waals surface area contributed by atoms with Gasteiger partial charge in [0.05, 0.1) is 5.51 Å².